The fourth-order valence-electron chi connectivity index (χ4n) is 2.91. The van der Waals surface area contributed by atoms with Crippen molar-refractivity contribution >= 4 is 15.8 Å². The van der Waals surface area contributed by atoms with Gasteiger partial charge in [-0.1, -0.05) is 6.07 Å². The molecule has 1 aliphatic carbocycles. The normalized spacial score (nSPS) is 14.4. The zero-order chi connectivity index (χ0) is 23.5. The molecule has 32 heavy (non-hydrogen) atoms. The Morgan fingerprint density at radius 2 is 1.72 bits per heavy atom. The first-order valence-corrected chi connectivity index (χ1v) is 11.2. The molecule has 0 aromatic heterocycles. The van der Waals surface area contributed by atoms with E-state index in [1.54, 1.807) is 0 Å². The van der Waals surface area contributed by atoms with E-state index in [1.165, 1.54) is 10.8 Å². The zero-order valence-corrected chi connectivity index (χ0v) is 17.5. The van der Waals surface area contributed by atoms with Gasteiger partial charge in [-0.3, -0.25) is 4.79 Å². The summed E-state index contributed by atoms with van der Waals surface area (Å²) in [5.41, 5.74) is 0.112. The molecular weight excluding hydrogens is 457 g/mol. The average Bonchev–Trinajstić information content (AvgIpc) is 3.52. The number of nitrogens with one attached hydrogen (secondary N) is 1. The van der Waals surface area contributed by atoms with Crippen LogP contribution in [0.5, 0.6) is 5.75 Å². The molecule has 0 atom stereocenters. The predicted molar refractivity (Wildman–Crippen MR) is 105 cm³/mol. The molecule has 0 bridgehead atoms. The number of sulfonamides is 1. The molecule has 0 spiro atoms. The molecule has 0 aliphatic heterocycles. The molecule has 5 nitrogen and oxygen atoms in total. The predicted octanol–water partition coefficient (Wildman–Crippen LogP) is 3.95. The Kier molecular flexibility index (Phi) is 7.19. The Morgan fingerprint density at radius 3 is 2.34 bits per heavy atom. The van der Waals surface area contributed by atoms with Gasteiger partial charge in [-0.15, -0.1) is 0 Å². The van der Waals surface area contributed by atoms with Crippen molar-refractivity contribution in [2.45, 2.75) is 36.8 Å². The fraction of sp³-hybridized carbons (Fsp3) is 0.381. The molecule has 0 heterocycles. The van der Waals surface area contributed by atoms with Crippen LogP contribution < -0.4 is 9.46 Å². The highest BCUT2D eigenvalue weighted by Gasteiger charge is 2.30. The maximum absolute atomic E-state index is 13.9. The number of ether oxygens (including phenoxy) is 1. The van der Waals surface area contributed by atoms with Crippen molar-refractivity contribution in [3.8, 4) is 5.75 Å². The highest BCUT2D eigenvalue weighted by Crippen LogP contribution is 2.31. The third-order valence-corrected chi connectivity index (χ3v) is 6.17. The van der Waals surface area contributed by atoms with E-state index in [0.717, 1.165) is 37.1 Å². The smallest absolute Gasteiger partial charge is 0.402 e. The molecule has 0 unspecified atom stereocenters. The largest absolute Gasteiger partial charge is 0.493 e. The first-order valence-electron chi connectivity index (χ1n) is 9.71. The van der Waals surface area contributed by atoms with Gasteiger partial charge in [-0.05, 0) is 48.6 Å². The number of Topliss-reactive ketones (excluding diaryl/α,β-unsaturated/α-hetero) is 1. The van der Waals surface area contributed by atoms with Crippen molar-refractivity contribution < 1.29 is 39.9 Å². The lowest BCUT2D eigenvalue weighted by atomic mass is 10.0. The second-order valence-electron chi connectivity index (χ2n) is 7.59. The average molecular weight is 477 g/mol. The molecule has 0 radical (unpaired) electrons. The Balaban J connectivity index is 1.81. The SMILES string of the molecule is O=C(Cc1ccc(F)cc1F)Cc1cc(S(=O)(=O)NCC(F)(F)F)ccc1OCC1CC1. The van der Waals surface area contributed by atoms with Gasteiger partial charge in [0.2, 0.25) is 10.0 Å². The number of halogens is 5. The summed E-state index contributed by atoms with van der Waals surface area (Å²) in [5, 5.41) is 0. The molecule has 11 heteroatoms. The van der Waals surface area contributed by atoms with Gasteiger partial charge < -0.3 is 4.74 Å². The lowest BCUT2D eigenvalue weighted by Gasteiger charge is -2.14. The molecule has 174 valence electrons. The number of hydrogen-bond donors (Lipinski definition) is 1. The van der Waals surface area contributed by atoms with Crippen molar-refractivity contribution in [1.82, 2.24) is 4.72 Å². The van der Waals surface area contributed by atoms with E-state index in [4.69, 9.17) is 4.74 Å². The molecule has 1 N–H and O–H groups in total. The summed E-state index contributed by atoms with van der Waals surface area (Å²) in [4.78, 5) is 12.0. The van der Waals surface area contributed by atoms with Crippen LogP contribution >= 0.6 is 0 Å². The third kappa shape index (κ3) is 6.99. The van der Waals surface area contributed by atoms with E-state index in [9.17, 15) is 35.2 Å². The summed E-state index contributed by atoms with van der Waals surface area (Å²) in [6.45, 7) is -1.39. The topological polar surface area (TPSA) is 72.5 Å². The minimum Gasteiger partial charge on any atom is -0.493 e. The van der Waals surface area contributed by atoms with Crippen molar-refractivity contribution in [3.63, 3.8) is 0 Å². The van der Waals surface area contributed by atoms with Gasteiger partial charge in [0.05, 0.1) is 11.5 Å². The molecular formula is C21H20F5NO4S. The molecule has 1 saturated carbocycles. The van der Waals surface area contributed by atoms with E-state index >= 15 is 0 Å². The zero-order valence-electron chi connectivity index (χ0n) is 16.7. The number of hydrogen-bond acceptors (Lipinski definition) is 4. The van der Waals surface area contributed by atoms with Crippen LogP contribution in [0.2, 0.25) is 0 Å². The Labute approximate surface area is 181 Å². The number of carbonyl (C=O) groups is 1. The Morgan fingerprint density at radius 1 is 1.03 bits per heavy atom. The van der Waals surface area contributed by atoms with E-state index in [2.05, 4.69) is 0 Å². The van der Waals surface area contributed by atoms with E-state index in [0.29, 0.717) is 18.6 Å². The lowest BCUT2D eigenvalue weighted by molar-refractivity contribution is -0.121. The number of rotatable bonds is 10. The first kappa shape index (κ1) is 24.1. The van der Waals surface area contributed by atoms with Crippen LogP contribution in [0.1, 0.15) is 24.0 Å². The second-order valence-corrected chi connectivity index (χ2v) is 9.36. The van der Waals surface area contributed by atoms with Crippen molar-refractivity contribution in [2.75, 3.05) is 13.2 Å². The summed E-state index contributed by atoms with van der Waals surface area (Å²) in [6.07, 6.45) is -3.51. The Bertz CT molecular complexity index is 1100. The summed E-state index contributed by atoms with van der Waals surface area (Å²) < 4.78 is 95.8. The maximum atomic E-state index is 13.9. The molecule has 1 aliphatic rings. The van der Waals surface area contributed by atoms with Crippen LogP contribution in [0.15, 0.2) is 41.3 Å². The van der Waals surface area contributed by atoms with Crippen LogP contribution in [-0.2, 0) is 27.7 Å². The molecule has 1 fully saturated rings. The maximum Gasteiger partial charge on any atom is 0.402 e. The van der Waals surface area contributed by atoms with E-state index in [1.807, 2.05) is 0 Å². The summed E-state index contributed by atoms with van der Waals surface area (Å²) in [6, 6.07) is 6.23. The highest BCUT2D eigenvalue weighted by atomic mass is 32.2. The van der Waals surface area contributed by atoms with Crippen LogP contribution in [0.25, 0.3) is 0 Å². The van der Waals surface area contributed by atoms with Crippen LogP contribution in [0, 0.1) is 17.6 Å². The number of carbonyl (C=O) groups excluding carboxylic acids is 1. The van der Waals surface area contributed by atoms with Crippen LogP contribution in [0.3, 0.4) is 0 Å². The van der Waals surface area contributed by atoms with Crippen molar-refractivity contribution in [3.05, 3.63) is 59.2 Å². The van der Waals surface area contributed by atoms with Gasteiger partial charge in [-0.2, -0.15) is 13.2 Å². The lowest BCUT2D eigenvalue weighted by Crippen LogP contribution is -2.33. The molecule has 0 amide bonds. The van der Waals surface area contributed by atoms with E-state index < -0.39 is 45.1 Å². The summed E-state index contributed by atoms with van der Waals surface area (Å²) in [7, 11) is -4.50. The fourth-order valence-corrected chi connectivity index (χ4v) is 3.97. The molecule has 3 rings (SSSR count). The minimum absolute atomic E-state index is 0.0348. The standard InChI is InChI=1S/C21H20F5NO4S/c22-16-4-3-14(19(23)10-16)7-17(28)8-15-9-18(32(29,30)27-12-21(24,25)26)5-6-20(15)31-11-13-1-2-13/h3-6,9-10,13,27H,1-2,7-8,11-12H2. The van der Waals surface area contributed by atoms with Gasteiger partial charge in [0.25, 0.3) is 0 Å². The first-order chi connectivity index (χ1) is 14.9. The number of ketones is 1. The number of alkyl halides is 3. The summed E-state index contributed by atoms with van der Waals surface area (Å²) >= 11 is 0. The van der Waals surface area contributed by atoms with Gasteiger partial charge >= 0.3 is 6.18 Å². The van der Waals surface area contributed by atoms with Gasteiger partial charge in [0.15, 0.2) is 0 Å². The van der Waals surface area contributed by atoms with Crippen LogP contribution in [0.4, 0.5) is 22.0 Å². The second kappa shape index (κ2) is 9.53. The quantitative estimate of drug-likeness (QED) is 0.526. The van der Waals surface area contributed by atoms with Gasteiger partial charge in [0, 0.05) is 24.5 Å². The van der Waals surface area contributed by atoms with Gasteiger partial charge in [0.1, 0.15) is 29.7 Å². The Hall–Kier alpha value is -2.53. The minimum atomic E-state index is -4.74. The summed E-state index contributed by atoms with van der Waals surface area (Å²) in [5.74, 6) is -1.62. The monoisotopic (exact) mass is 477 g/mol. The molecule has 2 aromatic rings. The van der Waals surface area contributed by atoms with Crippen molar-refractivity contribution in [2.24, 2.45) is 5.92 Å². The molecule has 2 aromatic carbocycles. The third-order valence-electron chi connectivity index (χ3n) is 4.77. The van der Waals surface area contributed by atoms with E-state index in [-0.39, 0.29) is 29.7 Å². The number of benzene rings is 2. The van der Waals surface area contributed by atoms with Crippen molar-refractivity contribution in [1.29, 1.82) is 0 Å². The van der Waals surface area contributed by atoms with Gasteiger partial charge in [-0.25, -0.2) is 21.9 Å². The van der Waals surface area contributed by atoms with Crippen LogP contribution in [-0.4, -0.2) is 33.5 Å². The molecule has 0 saturated heterocycles. The highest BCUT2D eigenvalue weighted by molar-refractivity contribution is 7.89.